The minimum Gasteiger partial charge on any atom is -0.462 e. The number of aliphatic hydroxyl groups is 10. The van der Waals surface area contributed by atoms with Gasteiger partial charge in [0.05, 0.1) is 99.2 Å². The summed E-state index contributed by atoms with van der Waals surface area (Å²) < 4.78 is 34.7. The molecule has 0 spiro atoms. The Hall–Kier alpha value is -4.58. The number of amides is 3. The van der Waals surface area contributed by atoms with Gasteiger partial charge in [-0.2, -0.15) is 0 Å². The van der Waals surface area contributed by atoms with Gasteiger partial charge in [-0.15, -0.1) is 0 Å². The van der Waals surface area contributed by atoms with Crippen molar-refractivity contribution in [2.45, 2.75) is 177 Å². The van der Waals surface area contributed by atoms with Crippen molar-refractivity contribution in [1.29, 1.82) is 0 Å². The van der Waals surface area contributed by atoms with Crippen molar-refractivity contribution < 1.29 is 98.7 Å². The van der Waals surface area contributed by atoms with Gasteiger partial charge < -0.3 is 99.9 Å². The molecule has 0 saturated carbocycles. The Kier molecular flexibility index (Phi) is 31.1. The van der Waals surface area contributed by atoms with Crippen LogP contribution in [0.5, 0.6) is 0 Å². The predicted molar refractivity (Wildman–Crippen MR) is 303 cm³/mol. The molecule has 4 heterocycles. The average molecular weight is 1180 g/mol. The van der Waals surface area contributed by atoms with Crippen LogP contribution in [0.4, 0.5) is 0 Å². The summed E-state index contributed by atoms with van der Waals surface area (Å²) in [5.74, 6) is -6.67. The zero-order valence-electron chi connectivity index (χ0n) is 48.7. The van der Waals surface area contributed by atoms with Crippen LogP contribution in [0.25, 0.3) is 0 Å². The van der Waals surface area contributed by atoms with Crippen molar-refractivity contribution in [3.05, 3.63) is 85.1 Å². The molecule has 24 heteroatoms. The smallest absolute Gasteiger partial charge is 0.308 e. The van der Waals surface area contributed by atoms with Crippen molar-refractivity contribution in [1.82, 2.24) is 20.4 Å². The summed E-state index contributed by atoms with van der Waals surface area (Å²) in [5, 5.41) is 118. The number of allylic oxidation sites excluding steroid dienone is 12. The van der Waals surface area contributed by atoms with Crippen LogP contribution in [0.1, 0.15) is 79.1 Å². The molecule has 19 atom stereocenters. The lowest BCUT2D eigenvalue weighted by Crippen LogP contribution is -2.64. The Morgan fingerprint density at radius 1 is 0.675 bits per heavy atom. The average Bonchev–Trinajstić information content (AvgIpc) is 3.57. The van der Waals surface area contributed by atoms with Gasteiger partial charge in [0.1, 0.15) is 24.9 Å². The van der Waals surface area contributed by atoms with Crippen LogP contribution in [0.2, 0.25) is 0 Å². The number of nitrogens with one attached hydrogen (secondary N) is 2. The fraction of sp³-hybridized carbons (Fsp3) is 0.695. The van der Waals surface area contributed by atoms with E-state index in [9.17, 15) is 70.2 Å². The summed E-state index contributed by atoms with van der Waals surface area (Å²) in [4.78, 5) is 56.1. The number of likely N-dealkylation sites (N-methyl/N-ethyl adjacent to an activating group) is 1. The van der Waals surface area contributed by atoms with Gasteiger partial charge in [-0.3, -0.25) is 19.2 Å². The zero-order valence-corrected chi connectivity index (χ0v) is 48.7. The third-order valence-electron chi connectivity index (χ3n) is 15.2. The van der Waals surface area contributed by atoms with E-state index in [0.717, 1.165) is 0 Å². The van der Waals surface area contributed by atoms with Gasteiger partial charge in [0.2, 0.25) is 17.7 Å². The van der Waals surface area contributed by atoms with Crippen LogP contribution in [0.15, 0.2) is 85.1 Å². The van der Waals surface area contributed by atoms with E-state index in [4.69, 9.17) is 28.4 Å². The third kappa shape index (κ3) is 24.0. The van der Waals surface area contributed by atoms with E-state index in [0.29, 0.717) is 6.61 Å². The second kappa shape index (κ2) is 36.4. The number of carbonyl (C=O) groups excluding carboxylic acids is 4. The Balaban J connectivity index is 1.67. The number of piperazine rings is 1. The zero-order chi connectivity index (χ0) is 61.2. The first-order chi connectivity index (χ1) is 39.5. The maximum atomic E-state index is 14.7. The van der Waals surface area contributed by atoms with Crippen molar-refractivity contribution in [2.75, 3.05) is 66.7 Å². The number of nitrogens with zero attached hydrogens (tertiary/aromatic N) is 2. The summed E-state index contributed by atoms with van der Waals surface area (Å²) in [6, 6.07) is -1.25. The van der Waals surface area contributed by atoms with Crippen LogP contribution >= 0.6 is 0 Å². The summed E-state index contributed by atoms with van der Waals surface area (Å²) in [5.41, 5.74) is 0. The highest BCUT2D eigenvalue weighted by molar-refractivity contribution is 5.81. The van der Waals surface area contributed by atoms with E-state index in [-0.39, 0.29) is 83.4 Å². The number of rotatable bonds is 11. The SMILES string of the molecule is CNCC(=O)N[C@@H]1[C@H](O)[C@H](O[C@H]2/C=C/C=C\C=C/C=C\C=C/C=C\C=C/[C@H](C)[C@@H](O)[C@@H](C)[C@H](C)OC(=O)C[C@H](O)C[C@H](O)CC[C@@H](O)[C@H](O)C[C@H](O)C[C@]3(O)C[C@H](O)[C@@H](C(=O)N4CCN(C(=O)COCCOC)CC4)[C@H](C2)O3)O[C@H](C)[C@H]1O. The molecule has 4 aliphatic rings. The molecular formula is C59H94N4O20. The number of carbonyl (C=O) groups is 4. The lowest BCUT2D eigenvalue weighted by molar-refractivity contribution is -0.308. The summed E-state index contributed by atoms with van der Waals surface area (Å²) in [6.07, 6.45) is 2.82. The summed E-state index contributed by atoms with van der Waals surface area (Å²) >= 11 is 0. The lowest BCUT2D eigenvalue weighted by Gasteiger charge is -2.47. The standard InChI is InChI=1S/C59H94N4O20/c1-37-19-17-15-13-11-9-7-8-10-12-14-16-18-20-44(82-58-56(75)53(55(74)40(4)81-58)61-49(70)35-60-5)32-48-52(57(76)63-25-23-62(24-26-63)50(71)36-79-28-27-78-6)47(69)34-59(77,83-48)33-43(66)30-46(68)45(67)22-21-41(64)29-42(65)31-51(72)80-39(3)38(2)54(37)73/h7-20,37-48,52-56,58,60,64-69,73-75,77H,21-36H2,1-6H3,(H,61,70)/b8-7-,11-9-,12-10-,15-13-,16-14-,19-17-,20-18+/t37-,38-,39-,40+,41+,42+,43-,44-,45+,46+,47-,48-,52+,53-,54+,55+,56-,58-,59+/m0/s1. The van der Waals surface area contributed by atoms with Gasteiger partial charge >= 0.3 is 5.97 Å². The van der Waals surface area contributed by atoms with Gasteiger partial charge in [0, 0.05) is 70.8 Å². The number of aliphatic hydroxyl groups excluding tert-OH is 9. The van der Waals surface area contributed by atoms with Gasteiger partial charge in [-0.1, -0.05) is 98.9 Å². The van der Waals surface area contributed by atoms with Crippen LogP contribution in [0.3, 0.4) is 0 Å². The number of ether oxygens (including phenoxy) is 6. The molecule has 470 valence electrons. The molecule has 0 aromatic heterocycles. The number of hydrogen-bond donors (Lipinski definition) is 12. The third-order valence-corrected chi connectivity index (χ3v) is 15.2. The molecule has 3 amide bonds. The molecule has 2 bridgehead atoms. The molecule has 24 nitrogen and oxygen atoms in total. The quantitative estimate of drug-likeness (QED) is 0.0902. The Labute approximate surface area is 487 Å². The molecule has 0 unspecified atom stereocenters. The molecular weight excluding hydrogens is 1080 g/mol. The number of esters is 1. The second-order valence-corrected chi connectivity index (χ2v) is 22.0. The highest BCUT2D eigenvalue weighted by Crippen LogP contribution is 2.39. The van der Waals surface area contributed by atoms with Crippen molar-refractivity contribution >= 4 is 23.7 Å². The first-order valence-corrected chi connectivity index (χ1v) is 28.8. The maximum Gasteiger partial charge on any atom is 0.308 e. The van der Waals surface area contributed by atoms with Crippen LogP contribution in [-0.2, 0) is 47.6 Å². The lowest BCUT2D eigenvalue weighted by atomic mass is 9.81. The monoisotopic (exact) mass is 1180 g/mol. The van der Waals surface area contributed by atoms with Gasteiger partial charge in [-0.25, -0.2) is 0 Å². The van der Waals surface area contributed by atoms with Crippen LogP contribution < -0.4 is 10.6 Å². The van der Waals surface area contributed by atoms with Gasteiger partial charge in [0.15, 0.2) is 12.1 Å². The highest BCUT2D eigenvalue weighted by atomic mass is 16.7. The normalized spacial score (nSPS) is 39.3. The number of hydrogen-bond acceptors (Lipinski definition) is 21. The molecule has 3 saturated heterocycles. The van der Waals surface area contributed by atoms with E-state index >= 15 is 0 Å². The summed E-state index contributed by atoms with van der Waals surface area (Å²) in [7, 11) is 3.06. The molecule has 0 radical (unpaired) electrons. The van der Waals surface area contributed by atoms with Crippen molar-refractivity contribution in [3.63, 3.8) is 0 Å². The highest BCUT2D eigenvalue weighted by Gasteiger charge is 2.52. The van der Waals surface area contributed by atoms with Crippen molar-refractivity contribution in [3.8, 4) is 0 Å². The topological polar surface area (TPSA) is 357 Å². The molecule has 4 rings (SSSR count). The molecule has 12 N–H and O–H groups in total. The van der Waals surface area contributed by atoms with Crippen molar-refractivity contribution in [2.24, 2.45) is 17.8 Å². The maximum absolute atomic E-state index is 14.7. The molecule has 0 aromatic carbocycles. The molecule has 4 aliphatic heterocycles. The fourth-order valence-corrected chi connectivity index (χ4v) is 10.3. The van der Waals surface area contributed by atoms with Crippen LogP contribution in [0, 0.1) is 17.8 Å². The number of cyclic esters (lactones) is 1. The number of fused-ring (bicyclic) bond motifs is 2. The molecule has 3 fully saturated rings. The molecule has 83 heavy (non-hydrogen) atoms. The Morgan fingerprint density at radius 3 is 1.89 bits per heavy atom. The van der Waals surface area contributed by atoms with E-state index in [1.165, 1.54) is 18.9 Å². The van der Waals surface area contributed by atoms with Gasteiger partial charge in [-0.05, 0) is 40.2 Å². The molecule has 0 aliphatic carbocycles. The fourth-order valence-electron chi connectivity index (χ4n) is 10.3. The predicted octanol–water partition coefficient (Wildman–Crippen LogP) is -0.662. The minimum absolute atomic E-state index is 0.0693. The van der Waals surface area contributed by atoms with E-state index in [1.54, 1.807) is 92.6 Å². The van der Waals surface area contributed by atoms with Crippen LogP contribution in [-0.4, -0.2) is 249 Å². The Bertz CT molecular complexity index is 2190. The Morgan fingerprint density at radius 2 is 1.28 bits per heavy atom. The first kappa shape index (κ1) is 70.9. The minimum atomic E-state index is -2.37. The van der Waals surface area contributed by atoms with E-state index in [1.807, 2.05) is 25.2 Å². The largest absolute Gasteiger partial charge is 0.462 e. The first-order valence-electron chi connectivity index (χ1n) is 28.8. The number of methoxy groups -OCH3 is 1. The second-order valence-electron chi connectivity index (χ2n) is 22.0. The summed E-state index contributed by atoms with van der Waals surface area (Å²) in [6.45, 7) is 7.35. The van der Waals surface area contributed by atoms with E-state index in [2.05, 4.69) is 10.6 Å². The van der Waals surface area contributed by atoms with Gasteiger partial charge in [0.25, 0.3) is 0 Å². The molecule has 0 aromatic rings. The van der Waals surface area contributed by atoms with E-state index < -0.39 is 153 Å².